The molecule has 1 aromatic carbocycles. The third-order valence-corrected chi connectivity index (χ3v) is 3.07. The zero-order chi connectivity index (χ0) is 17.9. The number of unbranched alkanes of at least 4 members (excludes halogenated alkanes) is 1. The van der Waals surface area contributed by atoms with Crippen molar-refractivity contribution in [2.24, 2.45) is 0 Å². The van der Waals surface area contributed by atoms with Crippen LogP contribution in [0.25, 0.3) is 11.0 Å². The fourth-order valence-corrected chi connectivity index (χ4v) is 1.90. The predicted octanol–water partition coefficient (Wildman–Crippen LogP) is 1.37. The van der Waals surface area contributed by atoms with E-state index in [1.54, 1.807) is 6.33 Å². The first kappa shape index (κ1) is 19.6. The van der Waals surface area contributed by atoms with Crippen molar-refractivity contribution in [1.29, 1.82) is 0 Å². The molecule has 2 aromatic rings. The summed E-state index contributed by atoms with van der Waals surface area (Å²) in [7, 11) is 0. The second-order valence-corrected chi connectivity index (χ2v) is 5.08. The van der Waals surface area contributed by atoms with Crippen molar-refractivity contribution >= 4 is 23.0 Å². The van der Waals surface area contributed by atoms with Crippen LogP contribution in [0.4, 0.5) is 0 Å². The minimum Gasteiger partial charge on any atom is -0.473 e. The first-order valence-electron chi connectivity index (χ1n) is 7.57. The molecule has 1 aromatic heterocycles. The number of rotatable bonds is 7. The molecule has 0 spiro atoms. The molecule has 3 N–H and O–H groups in total. The second-order valence-electron chi connectivity index (χ2n) is 5.08. The number of hydrogen-bond acceptors (Lipinski definition) is 5. The molecule has 8 nitrogen and oxygen atoms in total. The number of aromatic nitrogens is 2. The molecule has 0 saturated heterocycles. The topological polar surface area (TPSA) is 122 Å². The number of aliphatic hydroxyl groups excluding tert-OH is 1. The van der Waals surface area contributed by atoms with Crippen LogP contribution in [-0.2, 0) is 20.9 Å². The van der Waals surface area contributed by atoms with Gasteiger partial charge in [-0.3, -0.25) is 0 Å². The Morgan fingerprint density at radius 3 is 2.54 bits per heavy atom. The molecular formula is C16H22N2O6. The molecule has 0 amide bonds. The lowest BCUT2D eigenvalue weighted by atomic mass is 10.3. The fourth-order valence-electron chi connectivity index (χ4n) is 1.90. The third kappa shape index (κ3) is 6.76. The summed E-state index contributed by atoms with van der Waals surface area (Å²) in [6.45, 7) is 3.74. The average Bonchev–Trinajstić information content (AvgIpc) is 2.95. The summed E-state index contributed by atoms with van der Waals surface area (Å²) in [6.07, 6.45) is 3.43. The van der Waals surface area contributed by atoms with E-state index in [4.69, 9.17) is 24.5 Å². The zero-order valence-corrected chi connectivity index (χ0v) is 13.5. The molecular weight excluding hydrogens is 316 g/mol. The molecule has 1 heterocycles. The Kier molecular flexibility index (Phi) is 8.45. The Labute approximate surface area is 139 Å². The number of imidazole rings is 1. The summed E-state index contributed by atoms with van der Waals surface area (Å²) >= 11 is 0. The van der Waals surface area contributed by atoms with Gasteiger partial charge in [-0.1, -0.05) is 25.5 Å². The maximum atomic E-state index is 9.91. The molecule has 132 valence electrons. The number of aliphatic carboxylic acids is 2. The van der Waals surface area contributed by atoms with Gasteiger partial charge < -0.3 is 24.6 Å². The van der Waals surface area contributed by atoms with Gasteiger partial charge in [-0.2, -0.15) is 0 Å². The molecule has 0 saturated carbocycles. The van der Waals surface area contributed by atoms with Gasteiger partial charge in [0.05, 0.1) is 36.6 Å². The van der Waals surface area contributed by atoms with Crippen LogP contribution in [0, 0.1) is 0 Å². The molecule has 2 rings (SSSR count). The summed E-state index contributed by atoms with van der Waals surface area (Å²) in [5, 5.41) is 24.7. The molecule has 0 aliphatic carbocycles. The fraction of sp³-hybridized carbons (Fsp3) is 0.438. The predicted molar refractivity (Wildman–Crippen MR) is 86.7 cm³/mol. The van der Waals surface area contributed by atoms with Gasteiger partial charge in [-0.25, -0.2) is 14.6 Å². The molecule has 0 bridgehead atoms. The quantitative estimate of drug-likeness (QED) is 0.515. The lowest BCUT2D eigenvalue weighted by Crippen LogP contribution is -2.21. The van der Waals surface area contributed by atoms with Gasteiger partial charge >= 0.3 is 11.9 Å². The first-order valence-corrected chi connectivity index (χ1v) is 7.57. The van der Waals surface area contributed by atoms with Gasteiger partial charge in [0.15, 0.2) is 0 Å². The Morgan fingerprint density at radius 2 is 1.92 bits per heavy atom. The Hall–Kier alpha value is -2.45. The molecule has 0 aliphatic heterocycles. The van der Waals surface area contributed by atoms with E-state index in [2.05, 4.69) is 11.9 Å². The van der Waals surface area contributed by atoms with Crippen molar-refractivity contribution in [2.75, 3.05) is 13.2 Å². The van der Waals surface area contributed by atoms with Gasteiger partial charge in [0.25, 0.3) is 0 Å². The largest absolute Gasteiger partial charge is 0.473 e. The normalized spacial score (nSPS) is 11.6. The number of para-hydroxylation sites is 2. The van der Waals surface area contributed by atoms with Gasteiger partial charge in [0.2, 0.25) is 0 Å². The van der Waals surface area contributed by atoms with Crippen molar-refractivity contribution in [3.63, 3.8) is 0 Å². The van der Waals surface area contributed by atoms with E-state index in [9.17, 15) is 5.11 Å². The maximum absolute atomic E-state index is 9.91. The number of fused-ring (bicyclic) bond motifs is 1. The molecule has 8 heteroatoms. The first-order chi connectivity index (χ1) is 11.5. The number of nitrogens with zero attached hydrogens (tertiary/aromatic N) is 2. The number of aliphatic hydroxyl groups is 1. The Morgan fingerprint density at radius 1 is 1.25 bits per heavy atom. The van der Waals surface area contributed by atoms with E-state index >= 15 is 0 Å². The summed E-state index contributed by atoms with van der Waals surface area (Å²) in [5.41, 5.74) is 2.00. The third-order valence-electron chi connectivity index (χ3n) is 3.07. The molecule has 0 radical (unpaired) electrons. The number of carbonyl (C=O) groups is 2. The van der Waals surface area contributed by atoms with Gasteiger partial charge in [0, 0.05) is 6.61 Å². The van der Waals surface area contributed by atoms with Crippen molar-refractivity contribution < 1.29 is 29.6 Å². The van der Waals surface area contributed by atoms with Crippen LogP contribution < -0.4 is 0 Å². The van der Waals surface area contributed by atoms with Crippen LogP contribution in [0.3, 0.4) is 0 Å². The smallest absolute Gasteiger partial charge is 0.414 e. The van der Waals surface area contributed by atoms with E-state index < -0.39 is 18.0 Å². The number of carboxylic acids is 2. The van der Waals surface area contributed by atoms with Crippen LogP contribution in [-0.4, -0.2) is 56.1 Å². The van der Waals surface area contributed by atoms with Gasteiger partial charge in [-0.05, 0) is 18.6 Å². The van der Waals surface area contributed by atoms with Crippen molar-refractivity contribution in [2.45, 2.75) is 32.4 Å². The zero-order valence-electron chi connectivity index (χ0n) is 13.5. The van der Waals surface area contributed by atoms with Crippen LogP contribution in [0.1, 0.15) is 19.8 Å². The minimum atomic E-state index is -1.82. The molecule has 1 unspecified atom stereocenters. The molecule has 0 aliphatic rings. The standard InChI is InChI=1S/C14H20N2O2.C2H2O4/c1-2-3-8-18-10-12(17)9-16-11-15-13-6-4-5-7-14(13)16;3-1(4)2(5)6/h4-7,11-12,17H,2-3,8-10H2,1H3;(H,3,4)(H,5,6). The van der Waals surface area contributed by atoms with Crippen molar-refractivity contribution in [1.82, 2.24) is 9.55 Å². The second kappa shape index (κ2) is 10.3. The summed E-state index contributed by atoms with van der Waals surface area (Å²) in [4.78, 5) is 22.5. The number of benzene rings is 1. The number of carboxylic acid groups (broad SMARTS) is 2. The van der Waals surface area contributed by atoms with Crippen LogP contribution >= 0.6 is 0 Å². The van der Waals surface area contributed by atoms with Gasteiger partial charge in [0.1, 0.15) is 0 Å². The van der Waals surface area contributed by atoms with E-state index in [1.807, 2.05) is 28.8 Å². The Balaban J connectivity index is 0.000000413. The molecule has 1 atom stereocenters. The molecule has 0 fully saturated rings. The van der Waals surface area contributed by atoms with Crippen LogP contribution in [0.15, 0.2) is 30.6 Å². The summed E-state index contributed by atoms with van der Waals surface area (Å²) in [6, 6.07) is 7.91. The highest BCUT2D eigenvalue weighted by Crippen LogP contribution is 2.12. The lowest BCUT2D eigenvalue weighted by molar-refractivity contribution is -0.159. The number of ether oxygens (including phenoxy) is 1. The minimum absolute atomic E-state index is 0.381. The SMILES string of the molecule is CCCCOCC(O)Cn1cnc2ccccc21.O=C(O)C(=O)O. The lowest BCUT2D eigenvalue weighted by Gasteiger charge is -2.12. The highest BCUT2D eigenvalue weighted by molar-refractivity contribution is 6.27. The highest BCUT2D eigenvalue weighted by Gasteiger charge is 2.08. The van der Waals surface area contributed by atoms with Gasteiger partial charge in [-0.15, -0.1) is 0 Å². The summed E-state index contributed by atoms with van der Waals surface area (Å²) < 4.78 is 7.37. The van der Waals surface area contributed by atoms with Crippen molar-refractivity contribution in [3.8, 4) is 0 Å². The highest BCUT2D eigenvalue weighted by atomic mass is 16.5. The Bertz CT molecular complexity index is 643. The van der Waals surface area contributed by atoms with Crippen LogP contribution in [0.5, 0.6) is 0 Å². The monoisotopic (exact) mass is 338 g/mol. The van der Waals surface area contributed by atoms with Crippen LogP contribution in [0.2, 0.25) is 0 Å². The van der Waals surface area contributed by atoms with E-state index in [-0.39, 0.29) is 0 Å². The van der Waals surface area contributed by atoms with E-state index in [1.165, 1.54) is 0 Å². The van der Waals surface area contributed by atoms with Crippen molar-refractivity contribution in [3.05, 3.63) is 30.6 Å². The molecule has 24 heavy (non-hydrogen) atoms. The number of hydrogen-bond donors (Lipinski definition) is 3. The van der Waals surface area contributed by atoms with E-state index in [0.717, 1.165) is 30.5 Å². The average molecular weight is 338 g/mol. The van der Waals surface area contributed by atoms with E-state index in [0.29, 0.717) is 13.2 Å². The maximum Gasteiger partial charge on any atom is 0.414 e. The summed E-state index contributed by atoms with van der Waals surface area (Å²) in [5.74, 6) is -3.65.